The molecule has 1 aromatic rings. The molecule has 22 heavy (non-hydrogen) atoms. The monoisotopic (exact) mass is 318 g/mol. The summed E-state index contributed by atoms with van der Waals surface area (Å²) >= 11 is 0. The van der Waals surface area contributed by atoms with Crippen LogP contribution < -0.4 is 4.74 Å². The first-order valence-corrected chi connectivity index (χ1v) is 6.57. The van der Waals surface area contributed by atoms with Crippen LogP contribution in [0.2, 0.25) is 0 Å². The largest absolute Gasteiger partial charge is 0.494 e. The Bertz CT molecular complexity index is 554. The van der Waals surface area contributed by atoms with Gasteiger partial charge in [-0.1, -0.05) is 6.92 Å². The number of ether oxygens (including phenoxy) is 2. The molecule has 124 valence electrons. The molecule has 0 fully saturated rings. The molecular formula is C14H19FO7. The van der Waals surface area contributed by atoms with Crippen molar-refractivity contribution in [3.63, 3.8) is 0 Å². The van der Waals surface area contributed by atoms with Crippen molar-refractivity contribution in [1.82, 2.24) is 0 Å². The average molecular weight is 318 g/mol. The molecule has 0 aliphatic heterocycles. The Morgan fingerprint density at radius 2 is 1.82 bits per heavy atom. The molecule has 0 bridgehead atoms. The minimum absolute atomic E-state index is 0.0137. The summed E-state index contributed by atoms with van der Waals surface area (Å²) < 4.78 is 23.3. The number of methoxy groups -OCH3 is 1. The second-order valence-electron chi connectivity index (χ2n) is 4.53. The number of hydrogen-bond acceptors (Lipinski definition) is 7. The summed E-state index contributed by atoms with van der Waals surface area (Å²) in [6, 6.07) is 2.10. The van der Waals surface area contributed by atoms with Gasteiger partial charge in [-0.05, 0) is 25.5 Å². The van der Waals surface area contributed by atoms with E-state index in [-0.39, 0.29) is 24.3 Å². The van der Waals surface area contributed by atoms with Crippen molar-refractivity contribution in [3.8, 4) is 5.75 Å². The molecule has 0 saturated carbocycles. The van der Waals surface area contributed by atoms with Gasteiger partial charge in [-0.25, -0.2) is 9.18 Å². The SMILES string of the molecule is CCOC(=O)C(O)(O)C(O)(O)c1ccc(OC)c(F)c1CC. The van der Waals surface area contributed by atoms with Crippen LogP contribution in [0.3, 0.4) is 0 Å². The highest BCUT2D eigenvalue weighted by molar-refractivity contribution is 5.79. The van der Waals surface area contributed by atoms with Gasteiger partial charge in [-0.3, -0.25) is 0 Å². The van der Waals surface area contributed by atoms with Crippen molar-refractivity contribution < 1.29 is 39.1 Å². The average Bonchev–Trinajstić information content (AvgIpc) is 2.46. The Labute approximate surface area is 126 Å². The highest BCUT2D eigenvalue weighted by Gasteiger charge is 2.57. The molecule has 1 rings (SSSR count). The van der Waals surface area contributed by atoms with Gasteiger partial charge in [0.15, 0.2) is 11.6 Å². The van der Waals surface area contributed by atoms with Crippen LogP contribution in [0.1, 0.15) is 25.0 Å². The van der Waals surface area contributed by atoms with E-state index in [0.29, 0.717) is 0 Å². The molecule has 1 aromatic carbocycles. The van der Waals surface area contributed by atoms with Gasteiger partial charge < -0.3 is 29.9 Å². The number of benzene rings is 1. The summed E-state index contributed by atoms with van der Waals surface area (Å²) in [6.07, 6.45) is -0.0137. The molecule has 0 atom stereocenters. The summed E-state index contributed by atoms with van der Waals surface area (Å²) in [7, 11) is 1.23. The third kappa shape index (κ3) is 2.91. The summed E-state index contributed by atoms with van der Waals surface area (Å²) in [4.78, 5) is 11.5. The van der Waals surface area contributed by atoms with E-state index in [0.717, 1.165) is 12.1 Å². The lowest BCUT2D eigenvalue weighted by Gasteiger charge is -2.34. The van der Waals surface area contributed by atoms with Crippen LogP contribution in [0.4, 0.5) is 4.39 Å². The zero-order valence-electron chi connectivity index (χ0n) is 12.5. The Kier molecular flexibility index (Phi) is 5.47. The highest BCUT2D eigenvalue weighted by atomic mass is 19.1. The van der Waals surface area contributed by atoms with Crippen molar-refractivity contribution in [2.75, 3.05) is 13.7 Å². The fraction of sp³-hybridized carbons (Fsp3) is 0.500. The molecule has 0 aliphatic carbocycles. The number of carbonyl (C=O) groups is 1. The van der Waals surface area contributed by atoms with Gasteiger partial charge in [0, 0.05) is 11.1 Å². The van der Waals surface area contributed by atoms with E-state index in [2.05, 4.69) is 4.74 Å². The molecule has 0 heterocycles. The van der Waals surface area contributed by atoms with Crippen LogP contribution in [-0.2, 0) is 21.7 Å². The first-order chi connectivity index (χ1) is 10.1. The maximum Gasteiger partial charge on any atom is 0.372 e. The summed E-state index contributed by atoms with van der Waals surface area (Å²) in [5.41, 5.74) is -0.813. The van der Waals surface area contributed by atoms with E-state index in [4.69, 9.17) is 4.74 Å². The van der Waals surface area contributed by atoms with Crippen LogP contribution in [0, 0.1) is 5.82 Å². The van der Waals surface area contributed by atoms with Crippen molar-refractivity contribution in [1.29, 1.82) is 0 Å². The van der Waals surface area contributed by atoms with Crippen LogP contribution in [0.25, 0.3) is 0 Å². The Balaban J connectivity index is 3.45. The molecule has 0 radical (unpaired) electrons. The number of halogens is 1. The minimum atomic E-state index is -3.67. The molecule has 0 spiro atoms. The van der Waals surface area contributed by atoms with E-state index >= 15 is 0 Å². The molecular weight excluding hydrogens is 299 g/mol. The van der Waals surface area contributed by atoms with Gasteiger partial charge in [0.25, 0.3) is 5.79 Å². The zero-order chi connectivity index (χ0) is 17.1. The van der Waals surface area contributed by atoms with Crippen molar-refractivity contribution in [2.45, 2.75) is 31.8 Å². The number of esters is 1. The van der Waals surface area contributed by atoms with Crippen LogP contribution in [0.15, 0.2) is 12.1 Å². The molecule has 0 amide bonds. The van der Waals surface area contributed by atoms with E-state index in [1.165, 1.54) is 21.0 Å². The summed E-state index contributed by atoms with van der Waals surface area (Å²) in [5, 5.41) is 39.6. The fourth-order valence-electron chi connectivity index (χ4n) is 1.99. The normalized spacial score (nSPS) is 12.2. The quantitative estimate of drug-likeness (QED) is 0.423. The van der Waals surface area contributed by atoms with Crippen molar-refractivity contribution >= 4 is 5.97 Å². The van der Waals surface area contributed by atoms with E-state index in [1.807, 2.05) is 0 Å². The molecule has 7 nitrogen and oxygen atoms in total. The number of rotatable bonds is 6. The lowest BCUT2D eigenvalue weighted by atomic mass is 9.91. The van der Waals surface area contributed by atoms with Crippen LogP contribution >= 0.6 is 0 Å². The lowest BCUT2D eigenvalue weighted by molar-refractivity contribution is -0.354. The molecule has 0 saturated heterocycles. The second kappa shape index (κ2) is 6.57. The molecule has 0 aromatic heterocycles. The third-order valence-electron chi connectivity index (χ3n) is 3.20. The van der Waals surface area contributed by atoms with Crippen molar-refractivity contribution in [3.05, 3.63) is 29.1 Å². The maximum absolute atomic E-state index is 14.2. The summed E-state index contributed by atoms with van der Waals surface area (Å²) in [6.45, 7) is 2.70. The molecule has 0 aliphatic rings. The fourth-order valence-corrected chi connectivity index (χ4v) is 1.99. The maximum atomic E-state index is 14.2. The van der Waals surface area contributed by atoms with Gasteiger partial charge in [-0.2, -0.15) is 0 Å². The van der Waals surface area contributed by atoms with Gasteiger partial charge in [0.2, 0.25) is 0 Å². The summed E-state index contributed by atoms with van der Waals surface area (Å²) in [5.74, 6) is -9.87. The van der Waals surface area contributed by atoms with Crippen molar-refractivity contribution in [2.24, 2.45) is 0 Å². The Morgan fingerprint density at radius 3 is 2.27 bits per heavy atom. The van der Waals surface area contributed by atoms with Gasteiger partial charge in [-0.15, -0.1) is 0 Å². The van der Waals surface area contributed by atoms with Gasteiger partial charge in [0.05, 0.1) is 13.7 Å². The zero-order valence-corrected chi connectivity index (χ0v) is 12.5. The standard InChI is InChI=1S/C14H19FO7/c1-4-8-9(6-7-10(21-3)11(8)15)13(17,18)14(19,20)12(16)22-5-2/h6-7,17-20H,4-5H2,1-3H3. The van der Waals surface area contributed by atoms with Crippen LogP contribution in [0.5, 0.6) is 5.75 Å². The van der Waals surface area contributed by atoms with E-state index < -0.39 is 28.9 Å². The van der Waals surface area contributed by atoms with Gasteiger partial charge >= 0.3 is 11.8 Å². The Morgan fingerprint density at radius 1 is 1.23 bits per heavy atom. The lowest BCUT2D eigenvalue weighted by Crippen LogP contribution is -2.58. The first-order valence-electron chi connectivity index (χ1n) is 6.57. The van der Waals surface area contributed by atoms with Gasteiger partial charge in [0.1, 0.15) is 0 Å². The minimum Gasteiger partial charge on any atom is -0.494 e. The molecule has 4 N–H and O–H groups in total. The van der Waals surface area contributed by atoms with E-state index in [9.17, 15) is 29.6 Å². The molecule has 8 heteroatoms. The number of hydrogen-bond donors (Lipinski definition) is 4. The predicted octanol–water partition coefficient (Wildman–Crippen LogP) is -0.222. The van der Waals surface area contributed by atoms with E-state index in [1.54, 1.807) is 0 Å². The topological polar surface area (TPSA) is 116 Å². The smallest absolute Gasteiger partial charge is 0.372 e. The van der Waals surface area contributed by atoms with Crippen LogP contribution in [-0.4, -0.2) is 45.9 Å². The predicted molar refractivity (Wildman–Crippen MR) is 72.2 cm³/mol. The third-order valence-corrected chi connectivity index (χ3v) is 3.20. The first kappa shape index (κ1) is 18.3. The molecule has 0 unspecified atom stereocenters. The highest BCUT2D eigenvalue weighted by Crippen LogP contribution is 2.36. The Hall–Kier alpha value is -1.74. The second-order valence-corrected chi connectivity index (χ2v) is 4.53. The number of carbonyl (C=O) groups excluding carboxylic acids is 1. The number of aliphatic hydroxyl groups is 4.